The average Bonchev–Trinajstić information content (AvgIpc) is 3.31. The maximum Gasteiger partial charge on any atom is 0.307 e. The second-order valence-corrected chi connectivity index (χ2v) is 11.6. The molecular formula is C27H36BrF2N5O5. The van der Waals surface area contributed by atoms with Gasteiger partial charge in [0, 0.05) is 43.5 Å². The Kier molecular flexibility index (Phi) is 8.93. The van der Waals surface area contributed by atoms with Gasteiger partial charge >= 0.3 is 5.97 Å². The molecule has 1 saturated carbocycles. The lowest BCUT2D eigenvalue weighted by atomic mass is 9.78. The molecule has 10 nitrogen and oxygen atoms in total. The van der Waals surface area contributed by atoms with Crippen LogP contribution in [0.1, 0.15) is 62.7 Å². The molecule has 13 heteroatoms. The number of carboxylic acid groups (broad SMARTS) is 1. The Morgan fingerprint density at radius 2 is 1.85 bits per heavy atom. The van der Waals surface area contributed by atoms with Gasteiger partial charge in [0.15, 0.2) is 0 Å². The smallest absolute Gasteiger partial charge is 0.307 e. The highest BCUT2D eigenvalue weighted by Gasteiger charge is 2.46. The molecule has 220 valence electrons. The molecule has 3 aliphatic rings. The van der Waals surface area contributed by atoms with Gasteiger partial charge in [-0.05, 0) is 43.4 Å². The summed E-state index contributed by atoms with van der Waals surface area (Å²) < 4.78 is 35.2. The van der Waals surface area contributed by atoms with Gasteiger partial charge in [0.05, 0.1) is 17.5 Å². The quantitative estimate of drug-likeness (QED) is 0.294. The first-order chi connectivity index (χ1) is 18.8. The molecule has 0 bridgehead atoms. The van der Waals surface area contributed by atoms with Crippen LogP contribution in [0.3, 0.4) is 0 Å². The second kappa shape index (κ2) is 11.9. The van der Waals surface area contributed by atoms with Crippen LogP contribution in [-0.2, 0) is 20.8 Å². The van der Waals surface area contributed by atoms with E-state index in [0.717, 1.165) is 27.9 Å². The predicted octanol–water partition coefficient (Wildman–Crippen LogP) is 3.36. The van der Waals surface area contributed by atoms with Crippen molar-refractivity contribution in [2.45, 2.75) is 64.0 Å². The molecule has 4 rings (SSSR count). The van der Waals surface area contributed by atoms with Crippen molar-refractivity contribution in [2.75, 3.05) is 26.7 Å². The molecule has 0 aromatic heterocycles. The minimum absolute atomic E-state index is 0.128. The third kappa shape index (κ3) is 5.90. The fourth-order valence-electron chi connectivity index (χ4n) is 6.25. The zero-order valence-corrected chi connectivity index (χ0v) is 24.3. The standard InChI is InChI=1S/C27H36BrF2N5O5/c1-27(29,30)23(33(2)32)19(31)14-40-20-10-9-18(28)17-11-13-35(24(22(17)20)34-12-5-8-21(34)36)25(37)15-6-3-4-7-16(15)26(38)39/h9-10,15-16,24H,3-8,11-14,31-32H2,1-2H3,(H,38,39)/b23-19-. The van der Waals surface area contributed by atoms with Gasteiger partial charge in [-0.2, -0.15) is 8.78 Å². The molecule has 2 amide bonds. The van der Waals surface area contributed by atoms with E-state index in [4.69, 9.17) is 16.3 Å². The SMILES string of the molecule is CN(N)/C(=C(\N)COc1ccc(Br)c2c1C(N1CCCC1=O)N(C(=O)C1CCCCC1C(=O)O)CC2)C(C)(F)F. The zero-order valence-electron chi connectivity index (χ0n) is 22.7. The van der Waals surface area contributed by atoms with Gasteiger partial charge in [0.1, 0.15) is 24.2 Å². The number of nitrogens with zero attached hydrogens (tertiary/aromatic N) is 3. The highest BCUT2D eigenvalue weighted by Crippen LogP contribution is 2.45. The van der Waals surface area contributed by atoms with Crippen LogP contribution in [0.15, 0.2) is 28.0 Å². The lowest BCUT2D eigenvalue weighted by Crippen LogP contribution is -2.52. The van der Waals surface area contributed by atoms with E-state index in [2.05, 4.69) is 15.9 Å². The molecule has 0 spiro atoms. The number of aliphatic carboxylic acids is 1. The van der Waals surface area contributed by atoms with E-state index in [9.17, 15) is 28.3 Å². The maximum absolute atomic E-state index is 14.2. The van der Waals surface area contributed by atoms with Crippen LogP contribution in [0.4, 0.5) is 8.78 Å². The third-order valence-corrected chi connectivity index (χ3v) is 8.70. The van der Waals surface area contributed by atoms with Crippen LogP contribution in [0.5, 0.6) is 5.75 Å². The minimum Gasteiger partial charge on any atom is -0.487 e. The fraction of sp³-hybridized carbons (Fsp3) is 0.593. The summed E-state index contributed by atoms with van der Waals surface area (Å²) in [6, 6.07) is 3.41. The van der Waals surface area contributed by atoms with Crippen LogP contribution >= 0.6 is 15.9 Å². The second-order valence-electron chi connectivity index (χ2n) is 10.8. The van der Waals surface area contributed by atoms with E-state index < -0.39 is 42.2 Å². The number of amides is 2. The molecule has 1 aromatic carbocycles. The number of halogens is 3. The monoisotopic (exact) mass is 627 g/mol. The van der Waals surface area contributed by atoms with Crippen molar-refractivity contribution in [2.24, 2.45) is 23.4 Å². The topological polar surface area (TPSA) is 142 Å². The van der Waals surface area contributed by atoms with Crippen LogP contribution < -0.4 is 16.3 Å². The molecular weight excluding hydrogens is 592 g/mol. The van der Waals surface area contributed by atoms with Crippen molar-refractivity contribution in [1.82, 2.24) is 14.8 Å². The molecule has 2 fully saturated rings. The van der Waals surface area contributed by atoms with Crippen molar-refractivity contribution in [3.05, 3.63) is 39.1 Å². The molecule has 1 aliphatic carbocycles. The predicted molar refractivity (Wildman–Crippen MR) is 146 cm³/mol. The van der Waals surface area contributed by atoms with Crippen LogP contribution in [0, 0.1) is 11.8 Å². The van der Waals surface area contributed by atoms with Crippen LogP contribution in [0.2, 0.25) is 0 Å². The molecule has 40 heavy (non-hydrogen) atoms. The number of carbonyl (C=O) groups is 3. The number of benzene rings is 1. The lowest BCUT2D eigenvalue weighted by Gasteiger charge is -2.45. The molecule has 2 heterocycles. The number of carboxylic acids is 1. The van der Waals surface area contributed by atoms with Gasteiger partial charge in [-0.1, -0.05) is 28.8 Å². The van der Waals surface area contributed by atoms with Crippen molar-refractivity contribution in [3.63, 3.8) is 0 Å². The molecule has 1 aromatic rings. The van der Waals surface area contributed by atoms with Gasteiger partial charge in [-0.25, -0.2) is 5.84 Å². The van der Waals surface area contributed by atoms with Gasteiger partial charge in [-0.15, -0.1) is 0 Å². The van der Waals surface area contributed by atoms with E-state index in [0.29, 0.717) is 56.9 Å². The van der Waals surface area contributed by atoms with Crippen molar-refractivity contribution < 1.29 is 33.0 Å². The van der Waals surface area contributed by atoms with Crippen molar-refractivity contribution in [3.8, 4) is 5.75 Å². The van der Waals surface area contributed by atoms with E-state index in [1.807, 2.05) is 0 Å². The van der Waals surface area contributed by atoms with E-state index in [1.54, 1.807) is 21.9 Å². The van der Waals surface area contributed by atoms with Gasteiger partial charge in [-0.3, -0.25) is 14.4 Å². The minimum atomic E-state index is -3.31. The number of fused-ring (bicyclic) bond motifs is 1. The number of ether oxygens (including phenoxy) is 1. The summed E-state index contributed by atoms with van der Waals surface area (Å²) in [6.07, 6.45) is 2.93. The summed E-state index contributed by atoms with van der Waals surface area (Å²) in [5, 5.41) is 10.6. The maximum atomic E-state index is 14.2. The van der Waals surface area contributed by atoms with E-state index >= 15 is 0 Å². The normalized spacial score (nSPS) is 23.9. The zero-order chi connectivity index (χ0) is 29.4. The number of allylic oxidation sites excluding steroid dienone is 1. The first-order valence-electron chi connectivity index (χ1n) is 13.4. The highest BCUT2D eigenvalue weighted by molar-refractivity contribution is 9.10. The van der Waals surface area contributed by atoms with Gasteiger partial charge < -0.3 is 30.4 Å². The van der Waals surface area contributed by atoms with E-state index in [-0.39, 0.29) is 24.1 Å². The van der Waals surface area contributed by atoms with Crippen molar-refractivity contribution in [1.29, 1.82) is 0 Å². The summed E-state index contributed by atoms with van der Waals surface area (Å²) in [5.74, 6) is -0.309. The number of nitrogens with two attached hydrogens (primary N) is 2. The van der Waals surface area contributed by atoms with Gasteiger partial charge in [0.2, 0.25) is 11.8 Å². The van der Waals surface area contributed by atoms with Crippen LogP contribution in [0.25, 0.3) is 0 Å². The summed E-state index contributed by atoms with van der Waals surface area (Å²) in [5.41, 5.74) is 6.55. The Labute approximate surface area is 240 Å². The van der Waals surface area contributed by atoms with E-state index in [1.165, 1.54) is 7.05 Å². The third-order valence-electron chi connectivity index (χ3n) is 7.96. The fourth-order valence-corrected chi connectivity index (χ4v) is 6.79. The van der Waals surface area contributed by atoms with Gasteiger partial charge in [0.25, 0.3) is 5.92 Å². The molecule has 3 unspecified atom stereocenters. The number of rotatable bonds is 8. The summed E-state index contributed by atoms with van der Waals surface area (Å²) in [7, 11) is 1.26. The number of alkyl halides is 2. The summed E-state index contributed by atoms with van der Waals surface area (Å²) in [4.78, 5) is 42.3. The molecule has 3 atom stereocenters. The Hall–Kier alpha value is -2.93. The highest BCUT2D eigenvalue weighted by atomic mass is 79.9. The average molecular weight is 629 g/mol. The largest absolute Gasteiger partial charge is 0.487 e. The number of carbonyl (C=O) groups excluding carboxylic acids is 2. The molecule has 1 saturated heterocycles. The number of hydrazine groups is 1. The molecule has 5 N–H and O–H groups in total. The Morgan fingerprint density at radius 1 is 1.18 bits per heavy atom. The number of hydrogen-bond acceptors (Lipinski definition) is 7. The number of likely N-dealkylation sites (tertiary alicyclic amines) is 1. The molecule has 2 aliphatic heterocycles. The lowest BCUT2D eigenvalue weighted by molar-refractivity contribution is -0.157. The molecule has 0 radical (unpaired) electrons. The summed E-state index contributed by atoms with van der Waals surface area (Å²) >= 11 is 3.58. The first kappa shape index (κ1) is 30.0. The van der Waals surface area contributed by atoms with Crippen molar-refractivity contribution >= 4 is 33.7 Å². The first-order valence-corrected chi connectivity index (χ1v) is 14.2. The van der Waals surface area contributed by atoms with Crippen LogP contribution in [-0.4, -0.2) is 70.4 Å². The summed E-state index contributed by atoms with van der Waals surface area (Å²) in [6.45, 7) is 0.982. The Morgan fingerprint density at radius 3 is 2.42 bits per heavy atom. The Bertz CT molecular complexity index is 1200. The Balaban J connectivity index is 1.76. The number of hydrogen-bond donors (Lipinski definition) is 3.